The fourth-order valence-corrected chi connectivity index (χ4v) is 2.71. The normalized spacial score (nSPS) is 22.7. The lowest BCUT2D eigenvalue weighted by Crippen LogP contribution is -2.36. The lowest BCUT2D eigenvalue weighted by Gasteiger charge is -2.35. The molecule has 0 amide bonds. The third-order valence-corrected chi connectivity index (χ3v) is 4.14. The molecule has 0 saturated carbocycles. The molecule has 1 aliphatic rings. The average molecular weight is 213 g/mol. The summed E-state index contributed by atoms with van der Waals surface area (Å²) in [6, 6.07) is 6.23. The Morgan fingerprint density at radius 3 is 2.81 bits per heavy atom. The highest BCUT2D eigenvalue weighted by atomic mass is 16.1. The summed E-state index contributed by atoms with van der Waals surface area (Å²) >= 11 is 0. The van der Waals surface area contributed by atoms with Crippen molar-refractivity contribution >= 4 is 16.7 Å². The number of aromatic amines is 1. The van der Waals surface area contributed by atoms with Gasteiger partial charge in [-0.3, -0.25) is 4.79 Å². The summed E-state index contributed by atoms with van der Waals surface area (Å²) in [5.41, 5.74) is 3.14. The highest BCUT2D eigenvalue weighted by molar-refractivity contribution is 6.13. The summed E-state index contributed by atoms with van der Waals surface area (Å²) in [5.74, 6) is 0.302. The molecule has 2 nitrogen and oxygen atoms in total. The highest BCUT2D eigenvalue weighted by Gasteiger charge is 2.40. The minimum absolute atomic E-state index is 0.0430. The number of benzene rings is 1. The van der Waals surface area contributed by atoms with Crippen LogP contribution in [-0.4, -0.2) is 10.8 Å². The lowest BCUT2D eigenvalue weighted by molar-refractivity contribution is 0.0875. The van der Waals surface area contributed by atoms with E-state index in [1.165, 1.54) is 5.56 Å². The van der Waals surface area contributed by atoms with Crippen molar-refractivity contribution in [2.24, 2.45) is 5.92 Å². The van der Waals surface area contributed by atoms with E-state index in [9.17, 15) is 4.79 Å². The number of hydrogen-bond donors (Lipinski definition) is 1. The van der Waals surface area contributed by atoms with Crippen molar-refractivity contribution in [2.75, 3.05) is 0 Å². The minimum Gasteiger partial charge on any atom is -0.360 e. The Labute approximate surface area is 94.7 Å². The highest BCUT2D eigenvalue weighted by Crippen LogP contribution is 2.43. The number of carbonyl (C=O) groups is 1. The number of H-pyrrole nitrogens is 1. The molecule has 1 heterocycles. The Bertz CT molecular complexity index is 592. The fourth-order valence-electron chi connectivity index (χ4n) is 2.71. The second-order valence-electron chi connectivity index (χ2n) is 5.24. The zero-order valence-electron chi connectivity index (χ0n) is 9.79. The summed E-state index contributed by atoms with van der Waals surface area (Å²) in [7, 11) is 0. The van der Waals surface area contributed by atoms with Crippen molar-refractivity contribution < 1.29 is 4.79 Å². The van der Waals surface area contributed by atoms with E-state index in [1.807, 2.05) is 19.2 Å². The molecule has 1 atom stereocenters. The van der Waals surface area contributed by atoms with Crippen molar-refractivity contribution in [1.29, 1.82) is 0 Å². The van der Waals surface area contributed by atoms with Gasteiger partial charge in [-0.2, -0.15) is 0 Å². The molecular weight excluding hydrogens is 198 g/mol. The first-order chi connectivity index (χ1) is 7.53. The summed E-state index contributed by atoms with van der Waals surface area (Å²) in [5, 5.41) is 1.12. The third-order valence-electron chi connectivity index (χ3n) is 4.14. The van der Waals surface area contributed by atoms with Crippen LogP contribution in [0, 0.1) is 5.92 Å². The number of hydrogen-bond acceptors (Lipinski definition) is 1. The van der Waals surface area contributed by atoms with Crippen LogP contribution in [0.1, 0.15) is 36.7 Å². The van der Waals surface area contributed by atoms with E-state index in [2.05, 4.69) is 31.0 Å². The molecule has 1 aromatic carbocycles. The molecule has 1 aliphatic carbocycles. The van der Waals surface area contributed by atoms with Gasteiger partial charge in [-0.25, -0.2) is 0 Å². The molecule has 1 N–H and O–H groups in total. The second kappa shape index (κ2) is 2.76. The minimum atomic E-state index is -0.0776. The average Bonchev–Trinajstić information content (AvgIpc) is 2.68. The molecule has 0 fully saturated rings. The van der Waals surface area contributed by atoms with Crippen LogP contribution in [0.3, 0.4) is 0 Å². The molecule has 16 heavy (non-hydrogen) atoms. The fraction of sp³-hybridized carbons (Fsp3) is 0.357. The summed E-state index contributed by atoms with van der Waals surface area (Å²) in [4.78, 5) is 15.4. The van der Waals surface area contributed by atoms with E-state index in [0.717, 1.165) is 16.5 Å². The van der Waals surface area contributed by atoms with Gasteiger partial charge >= 0.3 is 0 Å². The van der Waals surface area contributed by atoms with Crippen LogP contribution < -0.4 is 0 Å². The van der Waals surface area contributed by atoms with E-state index in [-0.39, 0.29) is 17.1 Å². The maximum atomic E-state index is 12.3. The number of rotatable bonds is 0. The van der Waals surface area contributed by atoms with Gasteiger partial charge in [0.2, 0.25) is 0 Å². The van der Waals surface area contributed by atoms with Gasteiger partial charge in [0.05, 0.1) is 0 Å². The Kier molecular flexibility index (Phi) is 1.66. The Morgan fingerprint density at radius 2 is 2.06 bits per heavy atom. The molecule has 2 aromatic rings. The van der Waals surface area contributed by atoms with Crippen LogP contribution in [0.5, 0.6) is 0 Å². The van der Waals surface area contributed by atoms with Crippen molar-refractivity contribution in [3.63, 3.8) is 0 Å². The van der Waals surface area contributed by atoms with Crippen molar-refractivity contribution in [2.45, 2.75) is 26.2 Å². The van der Waals surface area contributed by atoms with Gasteiger partial charge in [-0.15, -0.1) is 0 Å². The molecule has 1 aromatic heterocycles. The Balaban J connectivity index is 2.49. The Hall–Kier alpha value is -1.57. The monoisotopic (exact) mass is 213 g/mol. The van der Waals surface area contributed by atoms with E-state index < -0.39 is 0 Å². The van der Waals surface area contributed by atoms with Gasteiger partial charge in [0.15, 0.2) is 5.78 Å². The predicted molar refractivity (Wildman–Crippen MR) is 64.8 cm³/mol. The maximum absolute atomic E-state index is 12.3. The smallest absolute Gasteiger partial charge is 0.168 e. The number of Topliss-reactive ketones (excluding diaryl/α,β-unsaturated/α-hetero) is 1. The van der Waals surface area contributed by atoms with Crippen LogP contribution in [0.2, 0.25) is 0 Å². The lowest BCUT2D eigenvalue weighted by atomic mass is 9.66. The first-order valence-corrected chi connectivity index (χ1v) is 5.68. The van der Waals surface area contributed by atoms with E-state index in [0.29, 0.717) is 0 Å². The van der Waals surface area contributed by atoms with Crippen LogP contribution >= 0.6 is 0 Å². The van der Waals surface area contributed by atoms with E-state index in [1.54, 1.807) is 0 Å². The third kappa shape index (κ3) is 0.946. The number of aromatic nitrogens is 1. The number of carbonyl (C=O) groups excluding carboxylic acids is 1. The SMILES string of the molecule is CC1C(=O)c2c[nH]c3cccc(c23)C1(C)C. The predicted octanol–water partition coefficient (Wildman–Crippen LogP) is 3.28. The zero-order chi connectivity index (χ0) is 11.5. The van der Waals surface area contributed by atoms with Gasteiger partial charge in [-0.05, 0) is 11.6 Å². The zero-order valence-corrected chi connectivity index (χ0v) is 9.79. The standard InChI is InChI=1S/C14H15NO/c1-8-13(16)9-7-15-11-6-4-5-10(12(9)11)14(8,2)3/h4-8,15H,1-3H3. The van der Waals surface area contributed by atoms with Crippen LogP contribution in [-0.2, 0) is 5.41 Å². The molecule has 0 spiro atoms. The van der Waals surface area contributed by atoms with Crippen LogP contribution in [0.4, 0.5) is 0 Å². The molecule has 2 heteroatoms. The number of nitrogens with one attached hydrogen (secondary N) is 1. The molecule has 3 rings (SSSR count). The number of ketones is 1. The van der Waals surface area contributed by atoms with Crippen molar-refractivity contribution in [3.05, 3.63) is 35.5 Å². The topological polar surface area (TPSA) is 32.9 Å². The summed E-state index contributed by atoms with van der Waals surface area (Å²) < 4.78 is 0. The first-order valence-electron chi connectivity index (χ1n) is 5.68. The molecule has 0 bridgehead atoms. The molecule has 0 saturated heterocycles. The molecule has 1 unspecified atom stereocenters. The van der Waals surface area contributed by atoms with Crippen LogP contribution in [0.15, 0.2) is 24.4 Å². The summed E-state index contributed by atoms with van der Waals surface area (Å²) in [6.07, 6.45) is 1.85. The molecule has 0 aliphatic heterocycles. The summed E-state index contributed by atoms with van der Waals surface area (Å²) in [6.45, 7) is 6.33. The Morgan fingerprint density at radius 1 is 1.31 bits per heavy atom. The van der Waals surface area contributed by atoms with Gasteiger partial charge in [0.1, 0.15) is 0 Å². The van der Waals surface area contributed by atoms with Gasteiger partial charge < -0.3 is 4.98 Å². The first kappa shape index (κ1) is 9.64. The molecule has 0 radical (unpaired) electrons. The molecule has 82 valence electrons. The maximum Gasteiger partial charge on any atom is 0.168 e. The second-order valence-corrected chi connectivity index (χ2v) is 5.24. The van der Waals surface area contributed by atoms with Gasteiger partial charge in [-0.1, -0.05) is 32.9 Å². The molecular formula is C14H15NO. The van der Waals surface area contributed by atoms with Crippen LogP contribution in [0.25, 0.3) is 10.9 Å². The quantitative estimate of drug-likeness (QED) is 0.715. The van der Waals surface area contributed by atoms with Crippen molar-refractivity contribution in [3.8, 4) is 0 Å². The van der Waals surface area contributed by atoms with Crippen molar-refractivity contribution in [1.82, 2.24) is 4.98 Å². The van der Waals surface area contributed by atoms with E-state index >= 15 is 0 Å². The van der Waals surface area contributed by atoms with Gasteiger partial charge in [0.25, 0.3) is 0 Å². The van der Waals surface area contributed by atoms with E-state index in [4.69, 9.17) is 0 Å². The van der Waals surface area contributed by atoms with Gasteiger partial charge in [0, 0.05) is 34.0 Å². The largest absolute Gasteiger partial charge is 0.360 e.